The maximum atomic E-state index is 15.5. The highest BCUT2D eigenvalue weighted by Gasteiger charge is 2.49. The summed E-state index contributed by atoms with van der Waals surface area (Å²) < 4.78 is 54.3. The average molecular weight is 898 g/mol. The zero-order chi connectivity index (χ0) is 37.5. The second-order valence-corrected chi connectivity index (χ2v) is 13.2. The van der Waals surface area contributed by atoms with Gasteiger partial charge in [0.1, 0.15) is 43.8 Å². The number of aliphatic imine (C=N–C) groups is 1. The minimum absolute atomic E-state index is 0. The molecule has 2 heterocycles. The molecule has 3 atom stereocenters. The Morgan fingerprint density at radius 2 is 1.78 bits per heavy atom. The zero-order valence-electron chi connectivity index (χ0n) is 29.2. The number of thiazole rings is 1. The second-order valence-electron chi connectivity index (χ2n) is 12.4. The molecule has 1 aliphatic rings. The predicted molar refractivity (Wildman–Crippen MR) is 195 cm³/mol. The Labute approximate surface area is 337 Å². The van der Waals surface area contributed by atoms with Gasteiger partial charge < -0.3 is 38.6 Å². The number of carbonyl (C=O) groups excluding carboxylic acids is 2. The van der Waals surface area contributed by atoms with Gasteiger partial charge in [-0.05, 0) is 62.6 Å². The largest absolute Gasteiger partial charge is 1.00 e. The molecule has 0 bridgehead atoms. The fourth-order valence-electron chi connectivity index (χ4n) is 5.54. The van der Waals surface area contributed by atoms with E-state index in [-0.39, 0.29) is 86.0 Å². The number of amides is 1. The third kappa shape index (κ3) is 10.8. The number of nitrogens with zero attached hydrogens (tertiary/aromatic N) is 6. The van der Waals surface area contributed by atoms with E-state index in [2.05, 4.69) is 21.5 Å². The van der Waals surface area contributed by atoms with Crippen molar-refractivity contribution in [3.63, 3.8) is 0 Å². The number of aliphatic hydroxyl groups is 1. The van der Waals surface area contributed by atoms with E-state index >= 15 is 4.39 Å². The van der Waals surface area contributed by atoms with Gasteiger partial charge in [0, 0.05) is 28.0 Å². The Kier molecular flexibility index (Phi) is 15.7. The molecule has 54 heavy (non-hydrogen) atoms. The molecule has 0 spiro atoms. The van der Waals surface area contributed by atoms with Gasteiger partial charge in [-0.25, -0.2) is 22.9 Å². The van der Waals surface area contributed by atoms with Crippen LogP contribution in [0.4, 0.5) is 23.7 Å². The molecular formula is C36H36ClF3IN7O5S. The highest BCUT2D eigenvalue weighted by atomic mass is 127. The normalized spacial score (nSPS) is 16.1. The van der Waals surface area contributed by atoms with Gasteiger partial charge in [0.05, 0.1) is 34.6 Å². The first-order valence-corrected chi connectivity index (χ1v) is 16.8. The van der Waals surface area contributed by atoms with Gasteiger partial charge in [0.25, 0.3) is 0 Å². The van der Waals surface area contributed by atoms with E-state index in [9.17, 15) is 23.5 Å². The maximum Gasteiger partial charge on any atom is 0.411 e. The molecule has 0 fully saturated rings. The van der Waals surface area contributed by atoms with Crippen molar-refractivity contribution in [2.75, 3.05) is 45.7 Å². The van der Waals surface area contributed by atoms with E-state index in [1.807, 2.05) is 0 Å². The number of quaternary nitrogens is 1. The first-order valence-electron chi connectivity index (χ1n) is 15.9. The zero-order valence-corrected chi connectivity index (χ0v) is 33.0. The van der Waals surface area contributed by atoms with Crippen LogP contribution in [0.1, 0.15) is 34.5 Å². The van der Waals surface area contributed by atoms with E-state index in [0.717, 1.165) is 35.9 Å². The molecule has 286 valence electrons. The number of carbonyl (C=O) groups is 2. The highest BCUT2D eigenvalue weighted by molar-refractivity contribution is 7.10. The van der Waals surface area contributed by atoms with E-state index in [0.29, 0.717) is 16.3 Å². The molecule has 2 N–H and O–H groups in total. The number of nitriles is 1. The van der Waals surface area contributed by atoms with Gasteiger partial charge in [-0.1, -0.05) is 24.2 Å². The molecule has 1 aliphatic heterocycles. The SMILES string of the molecule is C[C@@H](c1nc(-c2ccc(C#N)cc2)cs1)[C@](O)(C[N+]1(CCOC(=O)Nc2ccc(F)cc2COC(=O)CN(C)C)C=NC=N1)c1cc(F)ccc1F.Cl.[I-]. The van der Waals surface area contributed by atoms with Crippen LogP contribution in [0, 0.1) is 28.8 Å². The molecule has 12 nitrogen and oxygen atoms in total. The molecule has 18 heteroatoms. The van der Waals surface area contributed by atoms with Crippen LogP contribution in [0.2, 0.25) is 0 Å². The summed E-state index contributed by atoms with van der Waals surface area (Å²) in [7, 11) is 3.38. The van der Waals surface area contributed by atoms with Crippen LogP contribution >= 0.6 is 23.7 Å². The number of anilines is 1. The summed E-state index contributed by atoms with van der Waals surface area (Å²) in [5.74, 6) is -3.67. The van der Waals surface area contributed by atoms with Crippen molar-refractivity contribution in [3.8, 4) is 17.3 Å². The smallest absolute Gasteiger partial charge is 0.411 e. The lowest BCUT2D eigenvalue weighted by molar-refractivity contribution is -0.848. The van der Waals surface area contributed by atoms with Crippen LogP contribution in [0.15, 0.2) is 76.1 Å². The summed E-state index contributed by atoms with van der Waals surface area (Å²) >= 11 is 1.22. The topological polar surface area (TPSA) is 150 Å². The maximum absolute atomic E-state index is 15.5. The van der Waals surface area contributed by atoms with Crippen LogP contribution in [0.3, 0.4) is 0 Å². The number of nitrogens with one attached hydrogen (secondary N) is 1. The number of benzene rings is 3. The number of aromatic nitrogens is 1. The Balaban J connectivity index is 0.00000392. The standard InChI is InChI=1S/C36H34F3N7O5S.ClH.HI/c1-23(34-43-32(19-52-34)25-6-4-24(16-40)5-7-25)36(49,29-15-28(38)8-10-30(29)39)20-46(22-41-21-42-46)12-13-50-35(48)44-31-11-9-27(37)14-26(31)18-51-33(47)17-45(2)3;;/h4-11,14-15,19,21-23,49H,12-13,17-18,20H2,1-3H3;2*1H/t23-,36+,46?;;/m0../s1. The molecular weight excluding hydrogens is 862 g/mol. The second kappa shape index (κ2) is 19.2. The summed E-state index contributed by atoms with van der Waals surface area (Å²) in [4.78, 5) is 35.3. The lowest BCUT2D eigenvalue weighted by atomic mass is 9.81. The molecule has 1 aromatic heterocycles. The van der Waals surface area contributed by atoms with Gasteiger partial charge in [-0.2, -0.15) is 10.3 Å². The molecule has 0 radical (unpaired) electrons. The lowest BCUT2D eigenvalue weighted by Gasteiger charge is -2.38. The van der Waals surface area contributed by atoms with Crippen molar-refractivity contribution in [2.45, 2.75) is 25.0 Å². The number of esters is 1. The fourth-order valence-corrected chi connectivity index (χ4v) is 6.51. The summed E-state index contributed by atoms with van der Waals surface area (Å²) in [5, 5.41) is 30.7. The van der Waals surface area contributed by atoms with Crippen molar-refractivity contribution in [2.24, 2.45) is 10.1 Å². The van der Waals surface area contributed by atoms with E-state index < -0.39 is 45.6 Å². The van der Waals surface area contributed by atoms with Crippen molar-refractivity contribution in [3.05, 3.63) is 105 Å². The number of halogens is 5. The van der Waals surface area contributed by atoms with Crippen LogP contribution in [-0.4, -0.2) is 84.7 Å². The Hall–Kier alpha value is -4.45. The van der Waals surface area contributed by atoms with Crippen LogP contribution in [0.25, 0.3) is 11.3 Å². The van der Waals surface area contributed by atoms with Gasteiger partial charge >= 0.3 is 12.1 Å². The predicted octanol–water partition coefficient (Wildman–Crippen LogP) is 3.17. The van der Waals surface area contributed by atoms with Gasteiger partial charge in [0.2, 0.25) is 6.34 Å². The number of ether oxygens (including phenoxy) is 2. The molecule has 0 saturated carbocycles. The summed E-state index contributed by atoms with van der Waals surface area (Å²) in [6.07, 6.45) is 1.71. The Bertz CT molecular complexity index is 2040. The number of hydrogen-bond donors (Lipinski definition) is 2. The summed E-state index contributed by atoms with van der Waals surface area (Å²) in [5.41, 5.74) is -0.315. The third-order valence-electron chi connectivity index (χ3n) is 8.31. The monoisotopic (exact) mass is 897 g/mol. The Morgan fingerprint density at radius 3 is 2.44 bits per heavy atom. The van der Waals surface area contributed by atoms with Crippen LogP contribution < -0.4 is 29.3 Å². The third-order valence-corrected chi connectivity index (χ3v) is 9.34. The minimum atomic E-state index is -2.12. The van der Waals surface area contributed by atoms with Gasteiger partial charge in [-0.15, -0.1) is 28.3 Å². The van der Waals surface area contributed by atoms with Crippen molar-refractivity contribution >= 4 is 54.2 Å². The quantitative estimate of drug-likeness (QED) is 0.112. The molecule has 1 amide bonds. The van der Waals surface area contributed by atoms with Gasteiger partial charge in [-0.3, -0.25) is 15.0 Å². The summed E-state index contributed by atoms with van der Waals surface area (Å²) in [6, 6.07) is 15.2. The first kappa shape index (κ1) is 44.0. The lowest BCUT2D eigenvalue weighted by Crippen LogP contribution is -3.00. The number of hydrogen-bond acceptors (Lipinski definition) is 11. The van der Waals surface area contributed by atoms with Crippen molar-refractivity contribution < 1.29 is 65.9 Å². The molecule has 4 aromatic rings. The first-order chi connectivity index (χ1) is 24.8. The average Bonchev–Trinajstić information content (AvgIpc) is 3.79. The Morgan fingerprint density at radius 1 is 1.07 bits per heavy atom. The highest BCUT2D eigenvalue weighted by Crippen LogP contribution is 2.42. The number of likely N-dealkylation sites (N-methyl/N-ethyl adjacent to an activating group) is 1. The number of rotatable bonds is 14. The van der Waals surface area contributed by atoms with E-state index in [1.54, 1.807) is 55.6 Å². The van der Waals surface area contributed by atoms with Crippen molar-refractivity contribution in [1.29, 1.82) is 5.26 Å². The van der Waals surface area contributed by atoms with Crippen LogP contribution in [-0.2, 0) is 26.5 Å². The van der Waals surface area contributed by atoms with Crippen molar-refractivity contribution in [1.82, 2.24) is 9.88 Å². The minimum Gasteiger partial charge on any atom is -1.00 e. The molecule has 0 aliphatic carbocycles. The van der Waals surface area contributed by atoms with Gasteiger partial charge in [0.15, 0.2) is 11.9 Å². The summed E-state index contributed by atoms with van der Waals surface area (Å²) in [6.45, 7) is 0.640. The van der Waals surface area contributed by atoms with E-state index in [1.165, 1.54) is 30.1 Å². The fraction of sp³-hybridized carbons (Fsp3) is 0.278. The molecule has 0 saturated heterocycles. The van der Waals surface area contributed by atoms with E-state index in [4.69, 9.17) is 19.7 Å². The molecule has 5 rings (SSSR count). The molecule has 3 aromatic carbocycles. The van der Waals surface area contributed by atoms with Crippen LogP contribution in [0.5, 0.6) is 0 Å². The molecule has 1 unspecified atom stereocenters.